The molecule has 0 aliphatic rings. The van der Waals surface area contributed by atoms with Crippen LogP contribution in [0.25, 0.3) is 10.8 Å². The van der Waals surface area contributed by atoms with Crippen LogP contribution in [0.3, 0.4) is 0 Å². The number of anilines is 1. The SMILES string of the molecule is CN(CC(=O)Nc1ccc(C(F)(F)F)cc1)S(=O)(=O)c1ccc2ccccc2c1. The molecule has 0 heterocycles. The molecule has 1 N–H and O–H groups in total. The highest BCUT2D eigenvalue weighted by molar-refractivity contribution is 7.89. The molecule has 0 spiro atoms. The third-order valence-electron chi connectivity index (χ3n) is 4.29. The van der Waals surface area contributed by atoms with Crippen molar-refractivity contribution in [3.63, 3.8) is 0 Å². The van der Waals surface area contributed by atoms with Crippen molar-refractivity contribution in [2.75, 3.05) is 18.9 Å². The zero-order valence-electron chi connectivity index (χ0n) is 15.3. The topological polar surface area (TPSA) is 66.5 Å². The Morgan fingerprint density at radius 2 is 1.59 bits per heavy atom. The molecule has 0 atom stereocenters. The highest BCUT2D eigenvalue weighted by Crippen LogP contribution is 2.29. The molecular formula is C20H17F3N2O3S. The number of sulfonamides is 1. The normalized spacial score (nSPS) is 12.3. The van der Waals surface area contributed by atoms with Gasteiger partial charge in [0, 0.05) is 12.7 Å². The molecule has 0 radical (unpaired) electrons. The number of amides is 1. The van der Waals surface area contributed by atoms with E-state index in [2.05, 4.69) is 5.32 Å². The Labute approximate surface area is 165 Å². The Balaban J connectivity index is 1.70. The van der Waals surface area contributed by atoms with E-state index >= 15 is 0 Å². The van der Waals surface area contributed by atoms with Crippen molar-refractivity contribution in [2.24, 2.45) is 0 Å². The van der Waals surface area contributed by atoms with Gasteiger partial charge in [0.2, 0.25) is 15.9 Å². The lowest BCUT2D eigenvalue weighted by Gasteiger charge is -2.17. The third-order valence-corrected chi connectivity index (χ3v) is 6.09. The van der Waals surface area contributed by atoms with Gasteiger partial charge in [0.25, 0.3) is 0 Å². The number of halogens is 3. The maximum absolute atomic E-state index is 12.7. The Hall–Kier alpha value is -2.91. The van der Waals surface area contributed by atoms with E-state index in [9.17, 15) is 26.4 Å². The lowest BCUT2D eigenvalue weighted by atomic mass is 10.1. The summed E-state index contributed by atoms with van der Waals surface area (Å²) in [7, 11) is -2.66. The highest BCUT2D eigenvalue weighted by atomic mass is 32.2. The fourth-order valence-electron chi connectivity index (χ4n) is 2.74. The molecule has 0 bridgehead atoms. The van der Waals surface area contributed by atoms with Crippen molar-refractivity contribution in [1.82, 2.24) is 4.31 Å². The Morgan fingerprint density at radius 1 is 0.966 bits per heavy atom. The molecular weight excluding hydrogens is 405 g/mol. The molecule has 0 aromatic heterocycles. The molecule has 9 heteroatoms. The van der Waals surface area contributed by atoms with Crippen molar-refractivity contribution in [3.05, 3.63) is 72.3 Å². The number of fused-ring (bicyclic) bond motifs is 1. The second-order valence-electron chi connectivity index (χ2n) is 6.39. The van der Waals surface area contributed by atoms with Gasteiger partial charge in [0.15, 0.2) is 0 Å². The van der Waals surface area contributed by atoms with Gasteiger partial charge in [0.05, 0.1) is 17.0 Å². The van der Waals surface area contributed by atoms with E-state index in [-0.39, 0.29) is 10.6 Å². The molecule has 5 nitrogen and oxygen atoms in total. The average molecular weight is 422 g/mol. The predicted octanol–water partition coefficient (Wildman–Crippen LogP) is 4.12. The summed E-state index contributed by atoms with van der Waals surface area (Å²) in [5, 5.41) is 4.02. The maximum atomic E-state index is 12.7. The van der Waals surface area contributed by atoms with Crippen LogP contribution in [-0.4, -0.2) is 32.2 Å². The van der Waals surface area contributed by atoms with Crippen LogP contribution in [0.4, 0.5) is 18.9 Å². The fraction of sp³-hybridized carbons (Fsp3) is 0.150. The molecule has 3 aromatic carbocycles. The number of hydrogen-bond acceptors (Lipinski definition) is 3. The number of hydrogen-bond donors (Lipinski definition) is 1. The smallest absolute Gasteiger partial charge is 0.325 e. The van der Waals surface area contributed by atoms with Crippen LogP contribution in [-0.2, 0) is 21.0 Å². The molecule has 0 saturated heterocycles. The number of nitrogens with one attached hydrogen (secondary N) is 1. The molecule has 152 valence electrons. The van der Waals surface area contributed by atoms with Gasteiger partial charge in [-0.25, -0.2) is 8.42 Å². The Morgan fingerprint density at radius 3 is 2.21 bits per heavy atom. The summed E-state index contributed by atoms with van der Waals surface area (Å²) < 4.78 is 64.1. The fourth-order valence-corrected chi connectivity index (χ4v) is 3.90. The lowest BCUT2D eigenvalue weighted by Crippen LogP contribution is -2.35. The summed E-state index contributed by atoms with van der Waals surface area (Å²) in [5.41, 5.74) is -0.703. The van der Waals surface area contributed by atoms with Gasteiger partial charge in [-0.05, 0) is 47.2 Å². The Bertz CT molecular complexity index is 1140. The number of carbonyl (C=O) groups excluding carboxylic acids is 1. The number of benzene rings is 3. The van der Waals surface area contributed by atoms with Crippen molar-refractivity contribution >= 4 is 32.4 Å². The van der Waals surface area contributed by atoms with Crippen LogP contribution in [0.2, 0.25) is 0 Å². The first-order valence-electron chi connectivity index (χ1n) is 8.49. The number of likely N-dealkylation sites (N-methyl/N-ethyl adjacent to an activating group) is 1. The van der Waals surface area contributed by atoms with Crippen LogP contribution in [0, 0.1) is 0 Å². The first-order chi connectivity index (χ1) is 13.6. The maximum Gasteiger partial charge on any atom is 0.416 e. The quantitative estimate of drug-likeness (QED) is 0.673. The zero-order chi connectivity index (χ0) is 21.2. The van der Waals surface area contributed by atoms with E-state index in [1.807, 2.05) is 12.1 Å². The summed E-state index contributed by atoms with van der Waals surface area (Å²) in [6.45, 7) is -0.490. The highest BCUT2D eigenvalue weighted by Gasteiger charge is 2.30. The van der Waals surface area contributed by atoms with Crippen LogP contribution >= 0.6 is 0 Å². The van der Waals surface area contributed by atoms with E-state index in [1.165, 1.54) is 19.2 Å². The predicted molar refractivity (Wildman–Crippen MR) is 104 cm³/mol. The second kappa shape index (κ2) is 7.84. The van der Waals surface area contributed by atoms with E-state index in [0.29, 0.717) is 0 Å². The van der Waals surface area contributed by atoms with Gasteiger partial charge in [-0.1, -0.05) is 30.3 Å². The average Bonchev–Trinajstić information content (AvgIpc) is 2.67. The molecule has 0 aliphatic heterocycles. The molecule has 3 rings (SSSR count). The van der Waals surface area contributed by atoms with Crippen LogP contribution < -0.4 is 5.32 Å². The van der Waals surface area contributed by atoms with E-state index < -0.39 is 34.2 Å². The number of rotatable bonds is 5. The van der Waals surface area contributed by atoms with Crippen molar-refractivity contribution in [3.8, 4) is 0 Å². The van der Waals surface area contributed by atoms with Crippen molar-refractivity contribution in [1.29, 1.82) is 0 Å². The van der Waals surface area contributed by atoms with E-state index in [0.717, 1.165) is 39.3 Å². The van der Waals surface area contributed by atoms with Crippen LogP contribution in [0.5, 0.6) is 0 Å². The molecule has 0 unspecified atom stereocenters. The monoisotopic (exact) mass is 422 g/mol. The molecule has 0 fully saturated rings. The molecule has 3 aromatic rings. The molecule has 29 heavy (non-hydrogen) atoms. The minimum atomic E-state index is -4.48. The number of nitrogens with zero attached hydrogens (tertiary/aromatic N) is 1. The summed E-state index contributed by atoms with van der Waals surface area (Å²) in [6, 6.07) is 15.8. The molecule has 0 saturated carbocycles. The van der Waals surface area contributed by atoms with Crippen LogP contribution in [0.1, 0.15) is 5.56 Å². The summed E-state index contributed by atoms with van der Waals surface area (Å²) in [4.78, 5) is 12.2. The number of alkyl halides is 3. The van der Waals surface area contributed by atoms with Gasteiger partial charge in [-0.2, -0.15) is 17.5 Å². The Kier molecular flexibility index (Phi) is 5.63. The van der Waals surface area contributed by atoms with Gasteiger partial charge in [0.1, 0.15) is 0 Å². The largest absolute Gasteiger partial charge is 0.416 e. The standard InChI is InChI=1S/C20H17F3N2O3S/c1-25(13-19(26)24-17-9-7-16(8-10-17)20(21,22)23)29(27,28)18-11-6-14-4-2-3-5-15(14)12-18/h2-12H,13H2,1H3,(H,24,26). The second-order valence-corrected chi connectivity index (χ2v) is 8.44. The van der Waals surface area contributed by atoms with Gasteiger partial charge < -0.3 is 5.32 Å². The lowest BCUT2D eigenvalue weighted by molar-refractivity contribution is -0.137. The number of carbonyl (C=O) groups is 1. The van der Waals surface area contributed by atoms with Gasteiger partial charge >= 0.3 is 6.18 Å². The van der Waals surface area contributed by atoms with E-state index in [1.54, 1.807) is 18.2 Å². The van der Waals surface area contributed by atoms with Gasteiger partial charge in [-0.15, -0.1) is 0 Å². The van der Waals surface area contributed by atoms with E-state index in [4.69, 9.17) is 0 Å². The molecule has 1 amide bonds. The van der Waals surface area contributed by atoms with Crippen LogP contribution in [0.15, 0.2) is 71.6 Å². The first-order valence-corrected chi connectivity index (χ1v) is 9.93. The summed E-state index contributed by atoms with van der Waals surface area (Å²) >= 11 is 0. The minimum absolute atomic E-state index is 0.0426. The van der Waals surface area contributed by atoms with Crippen molar-refractivity contribution < 1.29 is 26.4 Å². The third kappa shape index (κ3) is 4.75. The van der Waals surface area contributed by atoms with Gasteiger partial charge in [-0.3, -0.25) is 4.79 Å². The summed E-state index contributed by atoms with van der Waals surface area (Å²) in [6.07, 6.45) is -4.48. The molecule has 0 aliphatic carbocycles. The minimum Gasteiger partial charge on any atom is -0.325 e. The van der Waals surface area contributed by atoms with Crippen molar-refractivity contribution in [2.45, 2.75) is 11.1 Å². The zero-order valence-corrected chi connectivity index (χ0v) is 16.1. The summed E-state index contributed by atoms with van der Waals surface area (Å²) in [5.74, 6) is -0.670. The first kappa shape index (κ1) is 20.8.